The van der Waals surface area contributed by atoms with Crippen LogP contribution in [0.4, 0.5) is 4.39 Å². The van der Waals surface area contributed by atoms with E-state index in [1.165, 1.54) is 12.1 Å². The molecular formula is C22H22ClFN2O2. The number of carbonyl (C=O) groups excluding carboxylic acids is 2. The van der Waals surface area contributed by atoms with Crippen molar-refractivity contribution in [3.8, 4) is 0 Å². The van der Waals surface area contributed by atoms with E-state index in [-0.39, 0.29) is 29.3 Å². The molecule has 1 heterocycles. The Hall–Kier alpha value is -2.40. The van der Waals surface area contributed by atoms with E-state index in [0.29, 0.717) is 25.9 Å². The Balaban J connectivity index is 1.29. The second kappa shape index (κ2) is 7.92. The summed E-state index contributed by atoms with van der Waals surface area (Å²) in [7, 11) is 0. The molecule has 2 atom stereocenters. The number of likely N-dealkylation sites (tertiary alicyclic amines) is 1. The summed E-state index contributed by atoms with van der Waals surface area (Å²) in [6.45, 7) is 1.21. The summed E-state index contributed by atoms with van der Waals surface area (Å²) in [5.74, 6) is -0.538. The molecule has 4 nitrogen and oxygen atoms in total. The Morgan fingerprint density at radius 3 is 2.43 bits per heavy atom. The fourth-order valence-corrected chi connectivity index (χ4v) is 4.25. The maximum atomic E-state index is 13.7. The number of hydrogen-bond acceptors (Lipinski definition) is 2. The maximum absolute atomic E-state index is 13.7. The second-order valence-electron chi connectivity index (χ2n) is 7.52. The molecule has 0 aromatic heterocycles. The number of carbonyl (C=O) groups is 2. The summed E-state index contributed by atoms with van der Waals surface area (Å²) >= 11 is 6.25. The van der Waals surface area contributed by atoms with Crippen LogP contribution < -0.4 is 5.32 Å². The first-order valence-electron chi connectivity index (χ1n) is 9.63. The highest BCUT2D eigenvalue weighted by molar-refractivity contribution is 6.31. The molecule has 4 rings (SSSR count). The lowest BCUT2D eigenvalue weighted by Crippen LogP contribution is -2.47. The average Bonchev–Trinajstić information content (AvgIpc) is 3.49. The van der Waals surface area contributed by atoms with E-state index in [9.17, 15) is 14.0 Å². The lowest BCUT2D eigenvalue weighted by Gasteiger charge is -2.32. The van der Waals surface area contributed by atoms with Crippen LogP contribution in [0.2, 0.25) is 5.02 Å². The van der Waals surface area contributed by atoms with Gasteiger partial charge in [-0.25, -0.2) is 4.39 Å². The number of nitrogens with one attached hydrogen (secondary N) is 1. The summed E-state index contributed by atoms with van der Waals surface area (Å²) < 4.78 is 13.7. The van der Waals surface area contributed by atoms with Gasteiger partial charge in [-0.15, -0.1) is 0 Å². The third-order valence-corrected chi connectivity index (χ3v) is 6.02. The Morgan fingerprint density at radius 1 is 1.04 bits per heavy atom. The average molecular weight is 401 g/mol. The molecule has 2 unspecified atom stereocenters. The molecular weight excluding hydrogens is 379 g/mol. The molecule has 146 valence electrons. The topological polar surface area (TPSA) is 49.4 Å². The molecule has 2 aromatic carbocycles. The normalized spacial score (nSPS) is 22.0. The predicted octanol–water partition coefficient (Wildman–Crippen LogP) is 4.00. The molecule has 0 spiro atoms. The lowest BCUT2D eigenvalue weighted by molar-refractivity contribution is -0.133. The molecule has 1 saturated carbocycles. The SMILES string of the molecule is O=C(NC1CCN(C(=O)C2CC2c2ccccc2Cl)CC1)c1ccccc1F. The van der Waals surface area contributed by atoms with E-state index in [2.05, 4.69) is 5.32 Å². The fourth-order valence-electron chi connectivity index (χ4n) is 3.97. The van der Waals surface area contributed by atoms with E-state index in [4.69, 9.17) is 11.6 Å². The van der Waals surface area contributed by atoms with Gasteiger partial charge in [0.05, 0.1) is 5.56 Å². The molecule has 2 aromatic rings. The zero-order chi connectivity index (χ0) is 19.7. The van der Waals surface area contributed by atoms with Crippen LogP contribution in [0.25, 0.3) is 0 Å². The third kappa shape index (κ3) is 3.90. The summed E-state index contributed by atoms with van der Waals surface area (Å²) in [5, 5.41) is 3.61. The van der Waals surface area contributed by atoms with Crippen LogP contribution in [0.1, 0.15) is 41.1 Å². The van der Waals surface area contributed by atoms with Gasteiger partial charge >= 0.3 is 0 Å². The molecule has 0 radical (unpaired) electrons. The van der Waals surface area contributed by atoms with Gasteiger partial charge in [-0.2, -0.15) is 0 Å². The summed E-state index contributed by atoms with van der Waals surface area (Å²) in [6.07, 6.45) is 2.19. The minimum Gasteiger partial charge on any atom is -0.349 e. The Labute approximate surface area is 168 Å². The molecule has 2 aliphatic rings. The number of benzene rings is 2. The van der Waals surface area contributed by atoms with Crippen molar-refractivity contribution < 1.29 is 14.0 Å². The molecule has 28 heavy (non-hydrogen) atoms. The molecule has 1 saturated heterocycles. The molecule has 1 N–H and O–H groups in total. The molecule has 0 bridgehead atoms. The fraction of sp³-hybridized carbons (Fsp3) is 0.364. The molecule has 1 aliphatic carbocycles. The van der Waals surface area contributed by atoms with Gasteiger partial charge in [0.25, 0.3) is 5.91 Å². The minimum atomic E-state index is -0.521. The number of amides is 2. The zero-order valence-corrected chi connectivity index (χ0v) is 16.2. The van der Waals surface area contributed by atoms with Crippen molar-refractivity contribution in [2.24, 2.45) is 5.92 Å². The van der Waals surface area contributed by atoms with E-state index >= 15 is 0 Å². The first kappa shape index (κ1) is 18.9. The monoisotopic (exact) mass is 400 g/mol. The van der Waals surface area contributed by atoms with Crippen LogP contribution in [0.5, 0.6) is 0 Å². The van der Waals surface area contributed by atoms with Crippen LogP contribution in [-0.2, 0) is 4.79 Å². The highest BCUT2D eigenvalue weighted by Crippen LogP contribution is 2.50. The van der Waals surface area contributed by atoms with Crippen LogP contribution >= 0.6 is 11.6 Å². The van der Waals surface area contributed by atoms with Crippen molar-refractivity contribution in [1.82, 2.24) is 10.2 Å². The molecule has 2 amide bonds. The number of hydrogen-bond donors (Lipinski definition) is 1. The minimum absolute atomic E-state index is 0.00413. The first-order valence-corrected chi connectivity index (χ1v) is 10.0. The van der Waals surface area contributed by atoms with Crippen molar-refractivity contribution in [2.45, 2.75) is 31.2 Å². The van der Waals surface area contributed by atoms with E-state index < -0.39 is 11.7 Å². The number of rotatable bonds is 4. The predicted molar refractivity (Wildman–Crippen MR) is 106 cm³/mol. The highest BCUT2D eigenvalue weighted by atomic mass is 35.5. The Morgan fingerprint density at radius 2 is 1.71 bits per heavy atom. The van der Waals surface area contributed by atoms with Gasteiger partial charge in [-0.3, -0.25) is 9.59 Å². The van der Waals surface area contributed by atoms with Gasteiger partial charge in [0.2, 0.25) is 5.91 Å². The summed E-state index contributed by atoms with van der Waals surface area (Å²) in [4.78, 5) is 26.9. The van der Waals surface area contributed by atoms with Gasteiger partial charge in [0.15, 0.2) is 0 Å². The van der Waals surface area contributed by atoms with Gasteiger partial charge in [-0.05, 0) is 48.9 Å². The third-order valence-electron chi connectivity index (χ3n) is 5.67. The van der Waals surface area contributed by atoms with E-state index in [1.54, 1.807) is 12.1 Å². The Kier molecular flexibility index (Phi) is 5.36. The largest absolute Gasteiger partial charge is 0.349 e. The quantitative estimate of drug-likeness (QED) is 0.843. The van der Waals surface area contributed by atoms with E-state index in [1.807, 2.05) is 29.2 Å². The second-order valence-corrected chi connectivity index (χ2v) is 7.93. The highest BCUT2D eigenvalue weighted by Gasteiger charge is 2.46. The number of piperidine rings is 1. The maximum Gasteiger partial charge on any atom is 0.254 e. The van der Waals surface area contributed by atoms with Crippen LogP contribution in [0.15, 0.2) is 48.5 Å². The summed E-state index contributed by atoms with van der Waals surface area (Å²) in [5.41, 5.74) is 1.11. The van der Waals surface area contributed by atoms with Gasteiger partial charge in [0.1, 0.15) is 5.82 Å². The first-order chi connectivity index (χ1) is 13.5. The van der Waals surface area contributed by atoms with Crippen molar-refractivity contribution in [3.63, 3.8) is 0 Å². The van der Waals surface area contributed by atoms with Gasteiger partial charge < -0.3 is 10.2 Å². The van der Waals surface area contributed by atoms with Crippen molar-refractivity contribution in [1.29, 1.82) is 0 Å². The van der Waals surface area contributed by atoms with Crippen molar-refractivity contribution in [3.05, 3.63) is 70.5 Å². The number of nitrogens with zero attached hydrogens (tertiary/aromatic N) is 1. The number of halogens is 2. The van der Waals surface area contributed by atoms with E-state index in [0.717, 1.165) is 17.0 Å². The molecule has 6 heteroatoms. The lowest BCUT2D eigenvalue weighted by atomic mass is 10.0. The smallest absolute Gasteiger partial charge is 0.254 e. The molecule has 2 fully saturated rings. The van der Waals surface area contributed by atoms with Gasteiger partial charge in [0, 0.05) is 30.1 Å². The summed E-state index contributed by atoms with van der Waals surface area (Å²) in [6, 6.07) is 13.6. The van der Waals surface area contributed by atoms with Crippen molar-refractivity contribution >= 4 is 23.4 Å². The van der Waals surface area contributed by atoms with Crippen LogP contribution in [-0.4, -0.2) is 35.8 Å². The van der Waals surface area contributed by atoms with Crippen LogP contribution in [0.3, 0.4) is 0 Å². The molecule has 1 aliphatic heterocycles. The van der Waals surface area contributed by atoms with Crippen LogP contribution in [0, 0.1) is 11.7 Å². The van der Waals surface area contributed by atoms with Crippen molar-refractivity contribution in [2.75, 3.05) is 13.1 Å². The van der Waals surface area contributed by atoms with Gasteiger partial charge in [-0.1, -0.05) is 41.9 Å². The Bertz CT molecular complexity index is 896. The zero-order valence-electron chi connectivity index (χ0n) is 15.4. The standard InChI is InChI=1S/C22H22ClFN2O2/c23-19-7-3-1-5-15(19)17-13-18(17)22(28)26-11-9-14(10-12-26)25-21(27)16-6-2-4-8-20(16)24/h1-8,14,17-18H,9-13H2,(H,25,27).